The summed E-state index contributed by atoms with van der Waals surface area (Å²) in [4.78, 5) is 4.68. The first kappa shape index (κ1) is 13.0. The summed E-state index contributed by atoms with van der Waals surface area (Å²) in [5, 5.41) is 0. The zero-order valence-corrected chi connectivity index (χ0v) is 10.8. The van der Waals surface area contributed by atoms with Crippen LogP contribution in [-0.4, -0.2) is 11.8 Å². The van der Waals surface area contributed by atoms with E-state index in [2.05, 4.69) is 25.8 Å². The molecule has 1 aliphatic carbocycles. The summed E-state index contributed by atoms with van der Waals surface area (Å²) < 4.78 is 0. The van der Waals surface area contributed by atoms with E-state index in [1.54, 1.807) is 11.8 Å². The lowest BCUT2D eigenvalue weighted by molar-refractivity contribution is 0.670. The van der Waals surface area contributed by atoms with Crippen LogP contribution >= 0.6 is 0 Å². The van der Waals surface area contributed by atoms with Gasteiger partial charge < -0.3 is 5.73 Å². The monoisotopic (exact) mass is 220 g/mol. The minimum atomic E-state index is 0.332. The largest absolute Gasteiger partial charge is 0.405 e. The Hall–Kier alpha value is -1.05. The van der Waals surface area contributed by atoms with Gasteiger partial charge in [-0.1, -0.05) is 12.5 Å². The second kappa shape index (κ2) is 6.51. The predicted molar refractivity (Wildman–Crippen MR) is 71.7 cm³/mol. The maximum absolute atomic E-state index is 5.51. The van der Waals surface area contributed by atoms with E-state index in [-0.39, 0.29) is 0 Å². The molecular weight excluding hydrogens is 196 g/mol. The highest BCUT2D eigenvalue weighted by Gasteiger charge is 2.14. The van der Waals surface area contributed by atoms with Gasteiger partial charge in [-0.25, -0.2) is 0 Å². The molecule has 0 spiro atoms. The average molecular weight is 220 g/mol. The minimum absolute atomic E-state index is 0.332. The van der Waals surface area contributed by atoms with Crippen molar-refractivity contribution in [2.45, 2.75) is 58.9 Å². The summed E-state index contributed by atoms with van der Waals surface area (Å²) in [5.74, 6) is 0. The lowest BCUT2D eigenvalue weighted by Gasteiger charge is -2.20. The standard InChI is InChI=1S/C14H24N2/c1-4-12-7-5-6-8-13(12)14(9-10-15)16-11(2)3/h9-11H,4-8,15H2,1-3H3. The molecule has 1 rings (SSSR count). The molecule has 0 amide bonds. The van der Waals surface area contributed by atoms with Crippen LogP contribution in [0.4, 0.5) is 0 Å². The minimum Gasteiger partial charge on any atom is -0.405 e. The van der Waals surface area contributed by atoms with Crippen LogP contribution in [0.2, 0.25) is 0 Å². The number of rotatable bonds is 4. The molecule has 1 aliphatic rings. The fraction of sp³-hybridized carbons (Fsp3) is 0.643. The molecule has 0 bridgehead atoms. The molecule has 0 saturated heterocycles. The van der Waals surface area contributed by atoms with E-state index in [0.717, 1.165) is 12.1 Å². The van der Waals surface area contributed by atoms with Crippen molar-refractivity contribution in [1.82, 2.24) is 0 Å². The molecule has 0 aromatic carbocycles. The van der Waals surface area contributed by atoms with E-state index in [1.807, 2.05) is 6.08 Å². The van der Waals surface area contributed by atoms with Gasteiger partial charge in [0, 0.05) is 6.04 Å². The quantitative estimate of drug-likeness (QED) is 0.722. The van der Waals surface area contributed by atoms with Gasteiger partial charge in [-0.2, -0.15) is 0 Å². The Kier molecular flexibility index (Phi) is 5.30. The first-order valence-corrected chi connectivity index (χ1v) is 6.36. The van der Waals surface area contributed by atoms with Gasteiger partial charge in [0.05, 0.1) is 5.71 Å². The van der Waals surface area contributed by atoms with Gasteiger partial charge in [0.1, 0.15) is 0 Å². The molecule has 0 fully saturated rings. The van der Waals surface area contributed by atoms with Crippen molar-refractivity contribution in [1.29, 1.82) is 0 Å². The summed E-state index contributed by atoms with van der Waals surface area (Å²) in [5.41, 5.74) is 9.64. The number of nitrogens with two attached hydrogens (primary N) is 1. The van der Waals surface area contributed by atoms with Crippen LogP contribution in [0.15, 0.2) is 28.4 Å². The summed E-state index contributed by atoms with van der Waals surface area (Å²) in [7, 11) is 0. The van der Waals surface area contributed by atoms with Crippen molar-refractivity contribution < 1.29 is 0 Å². The fourth-order valence-corrected chi connectivity index (χ4v) is 2.26. The van der Waals surface area contributed by atoms with E-state index in [9.17, 15) is 0 Å². The zero-order valence-electron chi connectivity index (χ0n) is 10.8. The van der Waals surface area contributed by atoms with Gasteiger partial charge in [-0.05, 0) is 63.8 Å². The molecule has 2 nitrogen and oxygen atoms in total. The molecule has 0 aliphatic heterocycles. The normalized spacial score (nSPS) is 18.9. The molecular formula is C14H24N2. The van der Waals surface area contributed by atoms with Crippen LogP contribution in [0.1, 0.15) is 52.9 Å². The lowest BCUT2D eigenvalue weighted by Crippen LogP contribution is -2.11. The molecule has 2 heteroatoms. The Morgan fingerprint density at radius 1 is 1.38 bits per heavy atom. The van der Waals surface area contributed by atoms with Crippen LogP contribution in [0, 0.1) is 0 Å². The Balaban J connectivity index is 3.04. The van der Waals surface area contributed by atoms with Gasteiger partial charge in [-0.15, -0.1) is 0 Å². The number of allylic oxidation sites excluding steroid dienone is 3. The van der Waals surface area contributed by atoms with Crippen LogP contribution in [0.25, 0.3) is 0 Å². The molecule has 2 N–H and O–H groups in total. The van der Waals surface area contributed by atoms with Crippen molar-refractivity contribution in [2.24, 2.45) is 10.7 Å². The molecule has 0 saturated carbocycles. The smallest absolute Gasteiger partial charge is 0.0623 e. The first-order valence-electron chi connectivity index (χ1n) is 6.36. The van der Waals surface area contributed by atoms with Gasteiger partial charge in [0.2, 0.25) is 0 Å². The topological polar surface area (TPSA) is 38.4 Å². The maximum Gasteiger partial charge on any atom is 0.0623 e. The van der Waals surface area contributed by atoms with E-state index in [1.165, 1.54) is 31.3 Å². The molecule has 0 aromatic heterocycles. The van der Waals surface area contributed by atoms with Gasteiger partial charge in [0.25, 0.3) is 0 Å². The Bertz CT molecular complexity index is 309. The molecule has 90 valence electrons. The van der Waals surface area contributed by atoms with Crippen LogP contribution in [0.5, 0.6) is 0 Å². The first-order chi connectivity index (χ1) is 7.69. The maximum atomic E-state index is 5.51. The number of hydrogen-bond acceptors (Lipinski definition) is 2. The Morgan fingerprint density at radius 2 is 2.06 bits per heavy atom. The highest BCUT2D eigenvalue weighted by molar-refractivity contribution is 6.09. The van der Waals surface area contributed by atoms with Crippen LogP contribution in [0.3, 0.4) is 0 Å². The lowest BCUT2D eigenvalue weighted by atomic mass is 9.87. The highest BCUT2D eigenvalue weighted by atomic mass is 14.8. The average Bonchev–Trinajstić information content (AvgIpc) is 2.28. The van der Waals surface area contributed by atoms with Crippen molar-refractivity contribution in [3.05, 3.63) is 23.4 Å². The molecule has 0 radical (unpaired) electrons. The van der Waals surface area contributed by atoms with E-state index in [4.69, 9.17) is 5.73 Å². The molecule has 0 atom stereocenters. The zero-order chi connectivity index (χ0) is 12.0. The Labute approximate surface area is 99.3 Å². The number of aliphatic imine (C=N–C) groups is 1. The van der Waals surface area contributed by atoms with Crippen molar-refractivity contribution in [3.63, 3.8) is 0 Å². The van der Waals surface area contributed by atoms with Gasteiger partial charge in [-0.3, -0.25) is 4.99 Å². The van der Waals surface area contributed by atoms with E-state index >= 15 is 0 Å². The van der Waals surface area contributed by atoms with Crippen molar-refractivity contribution in [3.8, 4) is 0 Å². The third-order valence-corrected chi connectivity index (χ3v) is 2.97. The van der Waals surface area contributed by atoms with Gasteiger partial charge in [0.15, 0.2) is 0 Å². The third-order valence-electron chi connectivity index (χ3n) is 2.97. The molecule has 0 unspecified atom stereocenters. The van der Waals surface area contributed by atoms with Crippen molar-refractivity contribution in [2.75, 3.05) is 0 Å². The molecule has 16 heavy (non-hydrogen) atoms. The summed E-state index contributed by atoms with van der Waals surface area (Å²) in [6.45, 7) is 6.46. The number of hydrogen-bond donors (Lipinski definition) is 1. The molecule has 0 heterocycles. The second-order valence-electron chi connectivity index (χ2n) is 4.61. The van der Waals surface area contributed by atoms with Crippen LogP contribution < -0.4 is 5.73 Å². The number of nitrogens with zero attached hydrogens (tertiary/aromatic N) is 1. The summed E-state index contributed by atoms with van der Waals surface area (Å²) >= 11 is 0. The van der Waals surface area contributed by atoms with Crippen LogP contribution in [-0.2, 0) is 0 Å². The SMILES string of the molecule is CCC1=C(C(C=CN)=NC(C)C)CCCC1. The summed E-state index contributed by atoms with van der Waals surface area (Å²) in [6.07, 6.45) is 9.72. The van der Waals surface area contributed by atoms with E-state index < -0.39 is 0 Å². The second-order valence-corrected chi connectivity index (χ2v) is 4.61. The van der Waals surface area contributed by atoms with Gasteiger partial charge >= 0.3 is 0 Å². The highest BCUT2D eigenvalue weighted by Crippen LogP contribution is 2.28. The predicted octanol–water partition coefficient (Wildman–Crippen LogP) is 3.59. The summed E-state index contributed by atoms with van der Waals surface area (Å²) in [6, 6.07) is 0.332. The van der Waals surface area contributed by atoms with Crippen molar-refractivity contribution >= 4 is 5.71 Å². The Morgan fingerprint density at radius 3 is 2.62 bits per heavy atom. The third kappa shape index (κ3) is 3.51. The molecule has 0 aromatic rings. The van der Waals surface area contributed by atoms with E-state index in [0.29, 0.717) is 6.04 Å². The fourth-order valence-electron chi connectivity index (χ4n) is 2.26.